The molecule has 1 spiro atoms. The normalized spacial score (nSPS) is 32.7. The van der Waals surface area contributed by atoms with Crippen molar-refractivity contribution in [3.8, 4) is 0 Å². The number of hydrogen-bond acceptors (Lipinski definition) is 1. The average molecular weight is 171 g/mol. The van der Waals surface area contributed by atoms with Gasteiger partial charge in [0.05, 0.1) is 12.7 Å². The molecule has 0 amide bonds. The number of hydrogen-bond donors (Lipinski definition) is 1. The molecule has 11 heavy (non-hydrogen) atoms. The lowest BCUT2D eigenvalue weighted by molar-refractivity contribution is -0.651. The van der Waals surface area contributed by atoms with Crippen LogP contribution in [-0.2, 0) is 0 Å². The molecule has 0 aromatic carbocycles. The van der Waals surface area contributed by atoms with Crippen molar-refractivity contribution in [2.45, 2.75) is 12.0 Å². The van der Waals surface area contributed by atoms with Gasteiger partial charge < -0.3 is 17.7 Å². The van der Waals surface area contributed by atoms with Gasteiger partial charge in [-0.2, -0.15) is 0 Å². The van der Waals surface area contributed by atoms with Crippen molar-refractivity contribution < 1.29 is 17.7 Å². The third-order valence-corrected chi connectivity index (χ3v) is 2.06. The van der Waals surface area contributed by atoms with E-state index >= 15 is 0 Å². The van der Waals surface area contributed by atoms with Crippen LogP contribution < -0.4 is 17.7 Å². The fraction of sp³-hybridized carbons (Fsp3) is 0.375. The van der Waals surface area contributed by atoms with Crippen LogP contribution in [0.5, 0.6) is 0 Å². The Morgan fingerprint density at radius 2 is 2.27 bits per heavy atom. The van der Waals surface area contributed by atoms with Crippen molar-refractivity contribution >= 4 is 6.21 Å². The predicted molar refractivity (Wildman–Crippen MR) is 40.9 cm³/mol. The second kappa shape index (κ2) is 3.20. The monoisotopic (exact) mass is 170 g/mol. The smallest absolute Gasteiger partial charge is 0.144 e. The first-order valence-electron chi connectivity index (χ1n) is 3.60. The van der Waals surface area contributed by atoms with Crippen LogP contribution in [0.4, 0.5) is 0 Å². The van der Waals surface area contributed by atoms with E-state index in [-0.39, 0.29) is 17.9 Å². The summed E-state index contributed by atoms with van der Waals surface area (Å²) in [5, 5.41) is 2.24. The number of nitrogens with zero attached hydrogens (tertiary/aromatic N) is 1. The Balaban J connectivity index is 0.000000605. The summed E-state index contributed by atoms with van der Waals surface area (Å²) in [5.41, 5.74) is 0.259. The summed E-state index contributed by atoms with van der Waals surface area (Å²) in [7, 11) is 0. The van der Waals surface area contributed by atoms with E-state index < -0.39 is 0 Å². The topological polar surface area (TPSA) is 29.0 Å². The fourth-order valence-corrected chi connectivity index (χ4v) is 1.39. The summed E-state index contributed by atoms with van der Waals surface area (Å²) in [5.74, 6) is 0. The highest BCUT2D eigenvalue weighted by Crippen LogP contribution is 2.13. The molecule has 0 aromatic heterocycles. The van der Waals surface area contributed by atoms with Crippen molar-refractivity contribution in [3.63, 3.8) is 0 Å². The van der Waals surface area contributed by atoms with E-state index in [2.05, 4.69) is 34.7 Å². The molecule has 0 saturated heterocycles. The number of aliphatic imine (C=N–C) groups is 1. The molecule has 2 nitrogen and oxygen atoms in total. The Labute approximate surface area is 72.5 Å². The summed E-state index contributed by atoms with van der Waals surface area (Å²) in [4.78, 5) is 4.22. The van der Waals surface area contributed by atoms with Crippen molar-refractivity contribution in [3.05, 3.63) is 24.4 Å². The maximum atomic E-state index is 4.22. The predicted octanol–water partition coefficient (Wildman–Crippen LogP) is -3.15. The van der Waals surface area contributed by atoms with Gasteiger partial charge in [-0.3, -0.25) is 4.99 Å². The number of quaternary nitrogens is 1. The van der Waals surface area contributed by atoms with Crippen LogP contribution in [0.15, 0.2) is 29.4 Å². The van der Waals surface area contributed by atoms with E-state index in [1.807, 2.05) is 6.21 Å². The van der Waals surface area contributed by atoms with Crippen molar-refractivity contribution in [1.29, 1.82) is 0 Å². The third-order valence-electron chi connectivity index (χ3n) is 2.06. The standard InChI is InChI=1S/C8H10N2.ClH/c1-2-5-10-8(3-1)4-6-9-7-8;/h1-3,5-6,10H,4,7H2;1H. The Kier molecular flexibility index (Phi) is 2.47. The Morgan fingerprint density at radius 3 is 2.82 bits per heavy atom. The van der Waals surface area contributed by atoms with Gasteiger partial charge >= 0.3 is 0 Å². The minimum atomic E-state index is 0. The van der Waals surface area contributed by atoms with Gasteiger partial charge in [0.1, 0.15) is 5.54 Å². The molecule has 0 bridgehead atoms. The molecule has 0 aromatic rings. The molecule has 2 rings (SSSR count). The van der Waals surface area contributed by atoms with Crippen molar-refractivity contribution in [1.82, 2.24) is 0 Å². The number of rotatable bonds is 0. The van der Waals surface area contributed by atoms with E-state index in [0.717, 1.165) is 13.0 Å². The van der Waals surface area contributed by atoms with Crippen LogP contribution in [0.2, 0.25) is 0 Å². The largest absolute Gasteiger partial charge is 1.00 e. The number of nitrogens with two attached hydrogens (primary N) is 1. The summed E-state index contributed by atoms with van der Waals surface area (Å²) in [6.07, 6.45) is 11.6. The second-order valence-corrected chi connectivity index (χ2v) is 2.87. The van der Waals surface area contributed by atoms with Crippen LogP contribution in [0.3, 0.4) is 0 Å². The zero-order valence-corrected chi connectivity index (χ0v) is 6.96. The second-order valence-electron chi connectivity index (χ2n) is 2.87. The van der Waals surface area contributed by atoms with Crippen LogP contribution >= 0.6 is 0 Å². The summed E-state index contributed by atoms with van der Waals surface area (Å²) < 4.78 is 0. The summed E-state index contributed by atoms with van der Waals surface area (Å²) in [6, 6.07) is 0. The first kappa shape index (κ1) is 8.50. The highest BCUT2D eigenvalue weighted by atomic mass is 35.5. The molecule has 0 saturated carbocycles. The SMILES string of the molecule is C1=C[NH2+]C2(C=C1)CC=NC2.[Cl-]. The molecule has 2 aliphatic rings. The van der Waals surface area contributed by atoms with Gasteiger partial charge in [-0.05, 0) is 12.2 Å². The van der Waals surface area contributed by atoms with Crippen LogP contribution in [0.25, 0.3) is 0 Å². The van der Waals surface area contributed by atoms with Gasteiger partial charge in [0, 0.05) is 12.6 Å². The van der Waals surface area contributed by atoms with Gasteiger partial charge in [-0.15, -0.1) is 0 Å². The molecule has 2 heterocycles. The lowest BCUT2D eigenvalue weighted by Crippen LogP contribution is -3.00. The molecular formula is C8H11ClN2. The Bertz CT molecular complexity index is 210. The van der Waals surface area contributed by atoms with Gasteiger partial charge in [-0.1, -0.05) is 6.08 Å². The van der Waals surface area contributed by atoms with E-state index in [1.54, 1.807) is 0 Å². The van der Waals surface area contributed by atoms with Crippen LogP contribution in [-0.4, -0.2) is 18.3 Å². The molecule has 1 unspecified atom stereocenters. The molecule has 3 heteroatoms. The van der Waals surface area contributed by atoms with Gasteiger partial charge in [0.15, 0.2) is 0 Å². The minimum absolute atomic E-state index is 0. The zero-order valence-electron chi connectivity index (χ0n) is 6.20. The lowest BCUT2D eigenvalue weighted by atomic mass is 9.96. The fourth-order valence-electron chi connectivity index (χ4n) is 1.39. The molecule has 0 radical (unpaired) electrons. The molecule has 2 N–H and O–H groups in total. The van der Waals surface area contributed by atoms with E-state index in [0.29, 0.717) is 0 Å². The average Bonchev–Trinajstić information content (AvgIpc) is 2.39. The third kappa shape index (κ3) is 1.52. The molecule has 2 aliphatic heterocycles. The first-order valence-corrected chi connectivity index (χ1v) is 3.60. The highest BCUT2D eigenvalue weighted by molar-refractivity contribution is 5.62. The van der Waals surface area contributed by atoms with Gasteiger partial charge in [0.25, 0.3) is 0 Å². The molecule has 60 valence electrons. The molecule has 0 aliphatic carbocycles. The molecular weight excluding hydrogens is 160 g/mol. The van der Waals surface area contributed by atoms with E-state index in [9.17, 15) is 0 Å². The summed E-state index contributed by atoms with van der Waals surface area (Å²) in [6.45, 7) is 0.938. The highest BCUT2D eigenvalue weighted by Gasteiger charge is 2.32. The van der Waals surface area contributed by atoms with E-state index in [1.165, 1.54) is 0 Å². The maximum absolute atomic E-state index is 4.22. The van der Waals surface area contributed by atoms with Gasteiger partial charge in [-0.25, -0.2) is 0 Å². The van der Waals surface area contributed by atoms with Crippen molar-refractivity contribution in [2.24, 2.45) is 4.99 Å². The quantitative estimate of drug-likeness (QED) is 0.398. The minimum Gasteiger partial charge on any atom is -1.00 e. The molecule has 0 fully saturated rings. The summed E-state index contributed by atoms with van der Waals surface area (Å²) >= 11 is 0. The zero-order chi connectivity index (χ0) is 6.86. The molecule has 1 atom stereocenters. The lowest BCUT2D eigenvalue weighted by Gasteiger charge is -2.20. The number of halogens is 1. The van der Waals surface area contributed by atoms with Crippen molar-refractivity contribution in [2.75, 3.05) is 6.54 Å². The van der Waals surface area contributed by atoms with E-state index in [4.69, 9.17) is 0 Å². The maximum Gasteiger partial charge on any atom is 0.144 e. The Morgan fingerprint density at radius 1 is 1.36 bits per heavy atom. The van der Waals surface area contributed by atoms with Gasteiger partial charge in [0.2, 0.25) is 0 Å². The van der Waals surface area contributed by atoms with Crippen LogP contribution in [0, 0.1) is 0 Å². The Hall–Kier alpha value is -0.600. The number of allylic oxidation sites excluding steroid dienone is 2. The first-order chi connectivity index (χ1) is 4.91. The van der Waals surface area contributed by atoms with Crippen LogP contribution in [0.1, 0.15) is 6.42 Å².